The van der Waals surface area contributed by atoms with Crippen molar-refractivity contribution in [1.29, 1.82) is 0 Å². The summed E-state index contributed by atoms with van der Waals surface area (Å²) in [5.41, 5.74) is 0.517. The van der Waals surface area contributed by atoms with E-state index in [0.717, 1.165) is 0 Å². The maximum absolute atomic E-state index is 11.9. The maximum Gasteiger partial charge on any atom is 0.269 e. The molecule has 2 N–H and O–H groups in total. The van der Waals surface area contributed by atoms with Gasteiger partial charge in [0.1, 0.15) is 6.33 Å². The minimum atomic E-state index is -0.537. The predicted octanol–water partition coefficient (Wildman–Crippen LogP) is 1.46. The molecule has 1 unspecified atom stereocenters. The summed E-state index contributed by atoms with van der Waals surface area (Å²) >= 11 is 0. The molecule has 0 aliphatic rings. The van der Waals surface area contributed by atoms with E-state index in [4.69, 9.17) is 0 Å². The lowest BCUT2D eigenvalue weighted by molar-refractivity contribution is -0.384. The zero-order chi connectivity index (χ0) is 13.8. The molecule has 0 radical (unpaired) electrons. The van der Waals surface area contributed by atoms with E-state index in [0.29, 0.717) is 5.56 Å². The number of aromatic nitrogens is 3. The molecule has 8 nitrogen and oxygen atoms in total. The highest BCUT2D eigenvalue weighted by Crippen LogP contribution is 2.21. The third-order valence-electron chi connectivity index (χ3n) is 2.63. The van der Waals surface area contributed by atoms with Gasteiger partial charge in [-0.15, -0.1) is 0 Å². The summed E-state index contributed by atoms with van der Waals surface area (Å²) in [6.07, 6.45) is 1.27. The summed E-state index contributed by atoms with van der Waals surface area (Å²) in [5, 5.41) is 19.3. The predicted molar refractivity (Wildman–Crippen MR) is 66.5 cm³/mol. The van der Waals surface area contributed by atoms with Crippen LogP contribution in [0.2, 0.25) is 0 Å². The summed E-state index contributed by atoms with van der Waals surface area (Å²) in [4.78, 5) is 25.9. The normalized spacial score (nSPS) is 11.8. The minimum Gasteiger partial charge on any atom is -0.294 e. The van der Waals surface area contributed by atoms with E-state index in [1.165, 1.54) is 18.5 Å². The Kier molecular flexibility index (Phi) is 3.51. The first-order chi connectivity index (χ1) is 9.08. The summed E-state index contributed by atoms with van der Waals surface area (Å²) in [7, 11) is 0. The van der Waals surface area contributed by atoms with Crippen LogP contribution >= 0.6 is 0 Å². The van der Waals surface area contributed by atoms with Crippen molar-refractivity contribution in [1.82, 2.24) is 15.2 Å². The Hall–Kier alpha value is -2.77. The molecular weight excluding hydrogens is 250 g/mol. The fourth-order valence-corrected chi connectivity index (χ4v) is 1.55. The lowest BCUT2D eigenvalue weighted by Gasteiger charge is -2.10. The fourth-order valence-electron chi connectivity index (χ4n) is 1.55. The van der Waals surface area contributed by atoms with Gasteiger partial charge in [-0.1, -0.05) is 12.1 Å². The van der Waals surface area contributed by atoms with Crippen molar-refractivity contribution in [2.45, 2.75) is 12.8 Å². The third kappa shape index (κ3) is 2.92. The molecule has 2 aromatic rings. The Bertz CT molecular complexity index is 596. The smallest absolute Gasteiger partial charge is 0.269 e. The first-order valence-electron chi connectivity index (χ1n) is 5.48. The number of anilines is 1. The average Bonchev–Trinajstić information content (AvgIpc) is 2.90. The summed E-state index contributed by atoms with van der Waals surface area (Å²) in [6.45, 7) is 1.66. The second-order valence-corrected chi connectivity index (χ2v) is 3.90. The largest absolute Gasteiger partial charge is 0.294 e. The number of nitrogens with one attached hydrogen (secondary N) is 2. The number of hydrogen-bond donors (Lipinski definition) is 2. The van der Waals surface area contributed by atoms with Crippen LogP contribution in [-0.4, -0.2) is 26.0 Å². The Morgan fingerprint density at radius 1 is 1.53 bits per heavy atom. The molecule has 2 rings (SSSR count). The number of H-pyrrole nitrogens is 1. The van der Waals surface area contributed by atoms with E-state index in [1.807, 2.05) is 0 Å². The zero-order valence-corrected chi connectivity index (χ0v) is 10.0. The molecule has 1 heterocycles. The van der Waals surface area contributed by atoms with E-state index < -0.39 is 10.8 Å². The zero-order valence-electron chi connectivity index (χ0n) is 10.0. The molecule has 0 spiro atoms. The van der Waals surface area contributed by atoms with Crippen molar-refractivity contribution < 1.29 is 9.72 Å². The fraction of sp³-hybridized carbons (Fsp3) is 0.182. The monoisotopic (exact) mass is 261 g/mol. The van der Waals surface area contributed by atoms with Crippen molar-refractivity contribution in [2.24, 2.45) is 0 Å². The summed E-state index contributed by atoms with van der Waals surface area (Å²) < 4.78 is 0. The molecule has 0 fully saturated rings. The van der Waals surface area contributed by atoms with E-state index >= 15 is 0 Å². The molecule has 19 heavy (non-hydrogen) atoms. The maximum atomic E-state index is 11.9. The first-order valence-corrected chi connectivity index (χ1v) is 5.48. The van der Waals surface area contributed by atoms with Gasteiger partial charge in [0.25, 0.3) is 5.69 Å². The number of nitrogens with zero attached hydrogens (tertiary/aromatic N) is 3. The van der Waals surface area contributed by atoms with Crippen LogP contribution < -0.4 is 5.32 Å². The van der Waals surface area contributed by atoms with Crippen LogP contribution in [0.1, 0.15) is 18.4 Å². The number of carbonyl (C=O) groups is 1. The number of aromatic amines is 1. The molecule has 98 valence electrons. The van der Waals surface area contributed by atoms with Gasteiger partial charge in [0.2, 0.25) is 11.9 Å². The van der Waals surface area contributed by atoms with Gasteiger partial charge in [-0.3, -0.25) is 20.2 Å². The molecule has 1 amide bonds. The third-order valence-corrected chi connectivity index (χ3v) is 2.63. The molecule has 0 saturated heterocycles. The van der Waals surface area contributed by atoms with Crippen LogP contribution in [-0.2, 0) is 4.79 Å². The number of nitro groups is 1. The molecule has 1 aromatic carbocycles. The standard InChI is InChI=1S/C11H11N5O3/c1-7(10(17)14-11-12-6-13-15-11)8-3-2-4-9(5-8)16(18)19/h2-7H,1H3,(H2,12,13,14,15,17). The molecule has 8 heteroatoms. The first kappa shape index (κ1) is 12.7. The van der Waals surface area contributed by atoms with Gasteiger partial charge in [0.15, 0.2) is 0 Å². The SMILES string of the molecule is CC(C(=O)Nc1ncn[nH]1)c1cccc([N+](=O)[O-])c1. The highest BCUT2D eigenvalue weighted by molar-refractivity contribution is 5.94. The van der Waals surface area contributed by atoms with Crippen molar-refractivity contribution >= 4 is 17.5 Å². The van der Waals surface area contributed by atoms with E-state index in [1.54, 1.807) is 19.1 Å². The highest BCUT2D eigenvalue weighted by atomic mass is 16.6. The number of carbonyl (C=O) groups excluding carboxylic acids is 1. The van der Waals surface area contributed by atoms with Crippen molar-refractivity contribution in [2.75, 3.05) is 5.32 Å². The molecule has 1 atom stereocenters. The lowest BCUT2D eigenvalue weighted by Crippen LogP contribution is -2.19. The number of hydrogen-bond acceptors (Lipinski definition) is 5. The molecule has 0 bridgehead atoms. The Morgan fingerprint density at radius 3 is 2.95 bits per heavy atom. The van der Waals surface area contributed by atoms with Gasteiger partial charge in [0.05, 0.1) is 10.8 Å². The number of amides is 1. The molecular formula is C11H11N5O3. The molecule has 1 aromatic heterocycles. The molecule has 0 aliphatic carbocycles. The highest BCUT2D eigenvalue weighted by Gasteiger charge is 2.18. The van der Waals surface area contributed by atoms with Gasteiger partial charge in [-0.05, 0) is 12.5 Å². The van der Waals surface area contributed by atoms with E-state index in [9.17, 15) is 14.9 Å². The van der Waals surface area contributed by atoms with E-state index in [-0.39, 0.29) is 17.5 Å². The van der Waals surface area contributed by atoms with Gasteiger partial charge < -0.3 is 0 Å². The quantitative estimate of drug-likeness (QED) is 0.638. The Labute approximate surface area is 108 Å². The summed E-state index contributed by atoms with van der Waals surface area (Å²) in [6, 6.07) is 5.97. The van der Waals surface area contributed by atoms with Gasteiger partial charge >= 0.3 is 0 Å². The Morgan fingerprint density at radius 2 is 2.32 bits per heavy atom. The van der Waals surface area contributed by atoms with Crippen LogP contribution in [0.15, 0.2) is 30.6 Å². The van der Waals surface area contributed by atoms with Gasteiger partial charge in [0, 0.05) is 12.1 Å². The second kappa shape index (κ2) is 5.25. The van der Waals surface area contributed by atoms with Crippen molar-refractivity contribution in [3.8, 4) is 0 Å². The average molecular weight is 261 g/mol. The van der Waals surface area contributed by atoms with Crippen LogP contribution in [0.4, 0.5) is 11.6 Å². The van der Waals surface area contributed by atoms with Gasteiger partial charge in [-0.25, -0.2) is 5.10 Å². The second-order valence-electron chi connectivity index (χ2n) is 3.90. The van der Waals surface area contributed by atoms with Crippen molar-refractivity contribution in [3.63, 3.8) is 0 Å². The number of benzene rings is 1. The van der Waals surface area contributed by atoms with Crippen molar-refractivity contribution in [3.05, 3.63) is 46.3 Å². The minimum absolute atomic E-state index is 0.0446. The molecule has 0 aliphatic heterocycles. The van der Waals surface area contributed by atoms with E-state index in [2.05, 4.69) is 20.5 Å². The van der Waals surface area contributed by atoms with Crippen LogP contribution in [0, 0.1) is 10.1 Å². The van der Waals surface area contributed by atoms with Crippen LogP contribution in [0.3, 0.4) is 0 Å². The van der Waals surface area contributed by atoms with Crippen LogP contribution in [0.25, 0.3) is 0 Å². The topological polar surface area (TPSA) is 114 Å². The van der Waals surface area contributed by atoms with Crippen LogP contribution in [0.5, 0.6) is 0 Å². The summed E-state index contributed by atoms with van der Waals surface area (Å²) in [5.74, 6) is -0.621. The lowest BCUT2D eigenvalue weighted by atomic mass is 10.00. The number of non-ortho nitro benzene ring substituents is 1. The Balaban J connectivity index is 2.14. The number of rotatable bonds is 4. The number of nitro benzene ring substituents is 1. The molecule has 0 saturated carbocycles. The van der Waals surface area contributed by atoms with Gasteiger partial charge in [-0.2, -0.15) is 10.1 Å².